The van der Waals surface area contributed by atoms with Crippen molar-refractivity contribution in [1.82, 2.24) is 0 Å². The van der Waals surface area contributed by atoms with Crippen LogP contribution < -0.4 is 0 Å². The number of aliphatic hydroxyl groups excluding tert-OH is 1. The standard InChI is InChI=1S/C88H172O17P2/c1-9-81(8)67-59-51-43-35-29-23-16-12-10-11-13-17-25-31-37-45-54-62-70-87(92)104-83(74-98-85(90)68-60-52-44-36-30-24-18-14-15-21-27-33-40-48-56-64-78(2)3)76-102-106(94,95)100-72-82(89)73-101-107(96,97)103-77-84(75-99-86(91)69-61-53-47-39-42-50-58-66-80(6)7)105-88(93)71-63-55-46-38-32-26-20-19-22-28-34-41-49-57-65-79(4)5/h78-84,89H,9-77H2,1-8H3,(H,94,95)(H,96,97)/t81?,82?,83-,84-/m1/s1. The normalized spacial score (nSPS) is 14.1. The molecule has 0 aromatic rings. The monoisotopic (exact) mass is 1560 g/mol. The van der Waals surface area contributed by atoms with E-state index in [-0.39, 0.29) is 25.7 Å². The first-order valence-electron chi connectivity index (χ1n) is 45.2. The van der Waals surface area contributed by atoms with Gasteiger partial charge in [-0.05, 0) is 49.4 Å². The molecule has 0 saturated carbocycles. The SMILES string of the molecule is CCC(C)CCCCCCCCCCCCCCCCCCCCC(=O)O[C@H](COC(=O)CCCCCCCCCCCCCCCCCC(C)C)COP(=O)(O)OCC(O)COP(=O)(O)OC[C@@H](COC(=O)CCCCCCCCCC(C)C)OC(=O)CCCCCCCCCCCCCCCCC(C)C. The third kappa shape index (κ3) is 80.5. The predicted octanol–water partition coefficient (Wildman–Crippen LogP) is 26.7. The van der Waals surface area contributed by atoms with Crippen molar-refractivity contribution in [2.24, 2.45) is 23.7 Å². The Kier molecular flexibility index (Phi) is 75.3. The molecule has 0 bridgehead atoms. The van der Waals surface area contributed by atoms with Gasteiger partial charge in [-0.3, -0.25) is 37.3 Å². The number of phosphoric ester groups is 2. The molecule has 3 N–H and O–H groups in total. The Balaban J connectivity index is 5.23. The maximum atomic E-state index is 13.2. The minimum atomic E-state index is -4.97. The average Bonchev–Trinajstić information content (AvgIpc) is 0.909. The first-order valence-corrected chi connectivity index (χ1v) is 48.2. The van der Waals surface area contributed by atoms with Crippen LogP contribution in [0.25, 0.3) is 0 Å². The van der Waals surface area contributed by atoms with Gasteiger partial charge < -0.3 is 33.8 Å². The minimum absolute atomic E-state index is 0.107. The molecule has 0 aromatic carbocycles. The van der Waals surface area contributed by atoms with E-state index in [0.717, 1.165) is 114 Å². The van der Waals surface area contributed by atoms with Crippen LogP contribution in [0.4, 0.5) is 0 Å². The smallest absolute Gasteiger partial charge is 0.462 e. The first kappa shape index (κ1) is 105. The molecule has 4 unspecified atom stereocenters. The molecule has 6 atom stereocenters. The van der Waals surface area contributed by atoms with Crippen LogP contribution in [0.15, 0.2) is 0 Å². The lowest BCUT2D eigenvalue weighted by molar-refractivity contribution is -0.161. The number of carbonyl (C=O) groups excluding carboxylic acids is 4. The molecule has 19 heteroatoms. The second-order valence-corrected chi connectivity index (χ2v) is 36.2. The van der Waals surface area contributed by atoms with Crippen molar-refractivity contribution < 1.29 is 80.2 Å². The topological polar surface area (TPSA) is 237 Å². The molecular weight excluding hydrogens is 1390 g/mol. The summed E-state index contributed by atoms with van der Waals surface area (Å²) in [6, 6.07) is 0. The number of ether oxygens (including phenoxy) is 4. The van der Waals surface area contributed by atoms with Gasteiger partial charge in [0.25, 0.3) is 0 Å². The second-order valence-electron chi connectivity index (χ2n) is 33.3. The van der Waals surface area contributed by atoms with Crippen LogP contribution >= 0.6 is 15.6 Å². The summed E-state index contributed by atoms with van der Waals surface area (Å²) in [6.07, 6.45) is 66.7. The Hall–Kier alpha value is -1.94. The van der Waals surface area contributed by atoms with E-state index in [1.54, 1.807) is 0 Å². The zero-order valence-electron chi connectivity index (χ0n) is 70.8. The van der Waals surface area contributed by atoms with Crippen LogP contribution in [0.2, 0.25) is 0 Å². The highest BCUT2D eigenvalue weighted by Gasteiger charge is 2.31. The Morgan fingerprint density at radius 1 is 0.262 bits per heavy atom. The molecule has 17 nitrogen and oxygen atoms in total. The summed E-state index contributed by atoms with van der Waals surface area (Å²) in [7, 11) is -9.93. The average molecular weight is 1560 g/mol. The quantitative estimate of drug-likeness (QED) is 0.0222. The predicted molar refractivity (Wildman–Crippen MR) is 441 cm³/mol. The molecule has 0 rings (SSSR count). The van der Waals surface area contributed by atoms with Gasteiger partial charge in [-0.2, -0.15) is 0 Å². The molecule has 0 fully saturated rings. The maximum absolute atomic E-state index is 13.2. The van der Waals surface area contributed by atoms with E-state index in [2.05, 4.69) is 55.4 Å². The lowest BCUT2D eigenvalue weighted by Gasteiger charge is -2.21. The van der Waals surface area contributed by atoms with Gasteiger partial charge in [0.15, 0.2) is 12.2 Å². The molecule has 0 aromatic heterocycles. The summed E-state index contributed by atoms with van der Waals surface area (Å²) in [5.74, 6) is 1.07. The largest absolute Gasteiger partial charge is 0.472 e. The van der Waals surface area contributed by atoms with Crippen molar-refractivity contribution in [3.63, 3.8) is 0 Å². The van der Waals surface area contributed by atoms with Gasteiger partial charge >= 0.3 is 39.5 Å². The highest BCUT2D eigenvalue weighted by Crippen LogP contribution is 2.45. The van der Waals surface area contributed by atoms with E-state index in [1.807, 2.05) is 0 Å². The Morgan fingerprint density at radius 2 is 0.449 bits per heavy atom. The number of hydrogen-bond donors (Lipinski definition) is 3. The second kappa shape index (κ2) is 76.7. The highest BCUT2D eigenvalue weighted by atomic mass is 31.2. The van der Waals surface area contributed by atoms with Crippen molar-refractivity contribution in [3.8, 4) is 0 Å². The molecule has 0 amide bonds. The number of carbonyl (C=O) groups is 4. The van der Waals surface area contributed by atoms with Crippen LogP contribution in [0.1, 0.15) is 460 Å². The fraction of sp³-hybridized carbons (Fsp3) is 0.955. The van der Waals surface area contributed by atoms with E-state index in [9.17, 15) is 43.2 Å². The summed E-state index contributed by atoms with van der Waals surface area (Å²) >= 11 is 0. The Bertz CT molecular complexity index is 2080. The van der Waals surface area contributed by atoms with Gasteiger partial charge in [0.1, 0.15) is 19.3 Å². The van der Waals surface area contributed by atoms with E-state index >= 15 is 0 Å². The van der Waals surface area contributed by atoms with Crippen LogP contribution in [0, 0.1) is 23.7 Å². The van der Waals surface area contributed by atoms with E-state index in [4.69, 9.17) is 37.0 Å². The molecule has 0 saturated heterocycles. The van der Waals surface area contributed by atoms with Crippen molar-refractivity contribution in [2.45, 2.75) is 478 Å². The molecule has 0 aliphatic rings. The van der Waals surface area contributed by atoms with Crippen molar-refractivity contribution in [3.05, 3.63) is 0 Å². The van der Waals surface area contributed by atoms with Gasteiger partial charge in [0.05, 0.1) is 26.4 Å². The van der Waals surface area contributed by atoms with E-state index in [0.29, 0.717) is 31.6 Å². The molecule has 0 heterocycles. The molecule has 636 valence electrons. The van der Waals surface area contributed by atoms with Gasteiger partial charge in [-0.1, -0.05) is 409 Å². The summed E-state index contributed by atoms with van der Waals surface area (Å²) in [5, 5.41) is 10.7. The minimum Gasteiger partial charge on any atom is -0.462 e. The van der Waals surface area contributed by atoms with Gasteiger partial charge in [0, 0.05) is 25.7 Å². The summed E-state index contributed by atoms with van der Waals surface area (Å²) in [5.41, 5.74) is 0. The zero-order valence-corrected chi connectivity index (χ0v) is 72.6. The molecule has 0 radical (unpaired) electrons. The van der Waals surface area contributed by atoms with E-state index in [1.165, 1.54) is 257 Å². The van der Waals surface area contributed by atoms with E-state index < -0.39 is 97.5 Å². The Labute approximate surface area is 658 Å². The van der Waals surface area contributed by atoms with Crippen molar-refractivity contribution in [1.29, 1.82) is 0 Å². The third-order valence-electron chi connectivity index (χ3n) is 20.9. The third-order valence-corrected chi connectivity index (χ3v) is 22.8. The summed E-state index contributed by atoms with van der Waals surface area (Å²) in [4.78, 5) is 73.3. The maximum Gasteiger partial charge on any atom is 0.472 e. The van der Waals surface area contributed by atoms with Crippen LogP contribution in [0.3, 0.4) is 0 Å². The lowest BCUT2D eigenvalue weighted by atomic mass is 9.99. The number of rotatable bonds is 85. The highest BCUT2D eigenvalue weighted by molar-refractivity contribution is 7.47. The van der Waals surface area contributed by atoms with Crippen molar-refractivity contribution in [2.75, 3.05) is 39.6 Å². The van der Waals surface area contributed by atoms with Crippen LogP contribution in [0.5, 0.6) is 0 Å². The molecular formula is C88H172O17P2. The van der Waals surface area contributed by atoms with Crippen molar-refractivity contribution >= 4 is 39.5 Å². The number of phosphoric acid groups is 2. The number of esters is 4. The van der Waals surface area contributed by atoms with Gasteiger partial charge in [-0.25, -0.2) is 9.13 Å². The first-order chi connectivity index (χ1) is 51.6. The Morgan fingerprint density at radius 3 is 0.664 bits per heavy atom. The zero-order chi connectivity index (χ0) is 78.8. The number of unbranched alkanes of at least 4 members (excludes halogenated alkanes) is 50. The number of hydrogen-bond acceptors (Lipinski definition) is 15. The van der Waals surface area contributed by atoms with Gasteiger partial charge in [-0.15, -0.1) is 0 Å². The molecule has 0 aliphatic heterocycles. The molecule has 107 heavy (non-hydrogen) atoms. The lowest BCUT2D eigenvalue weighted by Crippen LogP contribution is -2.30. The fourth-order valence-corrected chi connectivity index (χ4v) is 15.2. The summed E-state index contributed by atoms with van der Waals surface area (Å²) in [6.45, 7) is 14.4. The van der Waals surface area contributed by atoms with Crippen LogP contribution in [-0.4, -0.2) is 96.7 Å². The number of aliphatic hydroxyl groups is 1. The summed E-state index contributed by atoms with van der Waals surface area (Å²) < 4.78 is 68.9. The van der Waals surface area contributed by atoms with Crippen LogP contribution in [-0.2, 0) is 65.4 Å². The molecule has 0 spiro atoms. The molecule has 0 aliphatic carbocycles. The fourth-order valence-electron chi connectivity index (χ4n) is 13.6. The van der Waals surface area contributed by atoms with Gasteiger partial charge in [0.2, 0.25) is 0 Å².